The van der Waals surface area contributed by atoms with Gasteiger partial charge in [0, 0.05) is 13.1 Å². The summed E-state index contributed by atoms with van der Waals surface area (Å²) in [6.45, 7) is 6.24. The topological polar surface area (TPSA) is 36.0 Å². The number of hydrogen-bond donors (Lipinski definition) is 1. The Bertz CT molecular complexity index is 115. The molecule has 0 radical (unpaired) electrons. The van der Waals surface area contributed by atoms with E-state index in [1.54, 1.807) is 0 Å². The minimum absolute atomic E-state index is 0.260. The fourth-order valence-electron chi connectivity index (χ4n) is 1.28. The lowest BCUT2D eigenvalue weighted by atomic mass is 10.3. The first-order chi connectivity index (χ1) is 5.86. The van der Waals surface area contributed by atoms with Crippen molar-refractivity contribution in [1.82, 2.24) is 4.90 Å². The number of aliphatic hydroxyl groups excluding tert-OH is 1. The standard InChI is InChI=1S/C9H19NO2/c1-2-3-4-10(5-6-11)7-9-8-12-9/h9,11H,2-8H2,1H3. The van der Waals surface area contributed by atoms with E-state index >= 15 is 0 Å². The zero-order chi connectivity index (χ0) is 8.81. The van der Waals surface area contributed by atoms with Crippen LogP contribution in [0.5, 0.6) is 0 Å². The van der Waals surface area contributed by atoms with Crippen LogP contribution >= 0.6 is 0 Å². The Morgan fingerprint density at radius 2 is 2.25 bits per heavy atom. The highest BCUT2D eigenvalue weighted by Crippen LogP contribution is 2.10. The summed E-state index contributed by atoms with van der Waals surface area (Å²) >= 11 is 0. The molecular weight excluding hydrogens is 154 g/mol. The molecule has 0 bridgehead atoms. The molecule has 1 N–H and O–H groups in total. The van der Waals surface area contributed by atoms with E-state index < -0.39 is 0 Å². The molecule has 3 heteroatoms. The van der Waals surface area contributed by atoms with Crippen LogP contribution in [0.4, 0.5) is 0 Å². The summed E-state index contributed by atoms with van der Waals surface area (Å²) in [5.41, 5.74) is 0. The molecule has 1 rings (SSSR count). The van der Waals surface area contributed by atoms with Gasteiger partial charge in [-0.3, -0.25) is 4.90 Å². The van der Waals surface area contributed by atoms with Crippen LogP contribution in [0.15, 0.2) is 0 Å². The average molecular weight is 173 g/mol. The van der Waals surface area contributed by atoms with Crippen molar-refractivity contribution in [3.8, 4) is 0 Å². The van der Waals surface area contributed by atoms with Crippen molar-refractivity contribution in [2.75, 3.05) is 32.8 Å². The van der Waals surface area contributed by atoms with Crippen molar-refractivity contribution in [3.05, 3.63) is 0 Å². The van der Waals surface area contributed by atoms with Crippen molar-refractivity contribution in [2.24, 2.45) is 0 Å². The predicted molar refractivity (Wildman–Crippen MR) is 48.2 cm³/mol. The van der Waals surface area contributed by atoms with Gasteiger partial charge >= 0.3 is 0 Å². The van der Waals surface area contributed by atoms with Gasteiger partial charge < -0.3 is 9.84 Å². The lowest BCUT2D eigenvalue weighted by Crippen LogP contribution is -2.31. The summed E-state index contributed by atoms with van der Waals surface area (Å²) in [5, 5.41) is 8.79. The second-order valence-electron chi connectivity index (χ2n) is 3.33. The first-order valence-electron chi connectivity index (χ1n) is 4.81. The summed E-state index contributed by atoms with van der Waals surface area (Å²) in [7, 11) is 0. The van der Waals surface area contributed by atoms with E-state index in [1.165, 1.54) is 12.8 Å². The van der Waals surface area contributed by atoms with Crippen molar-refractivity contribution in [2.45, 2.75) is 25.9 Å². The van der Waals surface area contributed by atoms with Crippen LogP contribution in [0.25, 0.3) is 0 Å². The first-order valence-corrected chi connectivity index (χ1v) is 4.81. The molecule has 3 nitrogen and oxygen atoms in total. The minimum atomic E-state index is 0.260. The van der Waals surface area contributed by atoms with E-state index in [0.717, 1.165) is 26.2 Å². The molecule has 0 aromatic carbocycles. The minimum Gasteiger partial charge on any atom is -0.395 e. The van der Waals surface area contributed by atoms with Crippen molar-refractivity contribution in [3.63, 3.8) is 0 Å². The lowest BCUT2D eigenvalue weighted by Gasteiger charge is -2.19. The molecule has 1 heterocycles. The van der Waals surface area contributed by atoms with Crippen molar-refractivity contribution >= 4 is 0 Å². The number of aliphatic hydroxyl groups is 1. The second-order valence-corrected chi connectivity index (χ2v) is 3.33. The first kappa shape index (κ1) is 9.96. The molecule has 0 aromatic heterocycles. The Kier molecular flexibility index (Phi) is 4.58. The summed E-state index contributed by atoms with van der Waals surface area (Å²) in [5.74, 6) is 0. The van der Waals surface area contributed by atoms with Crippen LogP contribution in [0.3, 0.4) is 0 Å². The lowest BCUT2D eigenvalue weighted by molar-refractivity contribution is 0.182. The average Bonchev–Trinajstić information content (AvgIpc) is 2.84. The summed E-state index contributed by atoms with van der Waals surface area (Å²) in [4.78, 5) is 2.28. The number of ether oxygens (including phenoxy) is 1. The van der Waals surface area contributed by atoms with Gasteiger partial charge in [-0.1, -0.05) is 13.3 Å². The summed E-state index contributed by atoms with van der Waals surface area (Å²) in [6, 6.07) is 0. The molecule has 0 spiro atoms. The third kappa shape index (κ3) is 4.04. The van der Waals surface area contributed by atoms with Crippen LogP contribution in [0.2, 0.25) is 0 Å². The van der Waals surface area contributed by atoms with Gasteiger partial charge in [0.05, 0.1) is 19.3 Å². The van der Waals surface area contributed by atoms with Crippen LogP contribution in [0, 0.1) is 0 Å². The Morgan fingerprint density at radius 1 is 1.50 bits per heavy atom. The Hall–Kier alpha value is -0.120. The molecule has 0 aliphatic carbocycles. The van der Waals surface area contributed by atoms with E-state index in [-0.39, 0.29) is 6.61 Å². The van der Waals surface area contributed by atoms with Gasteiger partial charge in [0.15, 0.2) is 0 Å². The molecule has 1 unspecified atom stereocenters. The molecule has 12 heavy (non-hydrogen) atoms. The number of rotatable bonds is 7. The summed E-state index contributed by atoms with van der Waals surface area (Å²) < 4.78 is 5.14. The number of unbranched alkanes of at least 4 members (excludes halogenated alkanes) is 1. The second kappa shape index (κ2) is 5.51. The fraction of sp³-hybridized carbons (Fsp3) is 1.00. The van der Waals surface area contributed by atoms with Gasteiger partial charge in [0.25, 0.3) is 0 Å². The van der Waals surface area contributed by atoms with E-state index in [1.807, 2.05) is 0 Å². The van der Waals surface area contributed by atoms with Gasteiger partial charge in [-0.25, -0.2) is 0 Å². The number of hydrogen-bond acceptors (Lipinski definition) is 3. The zero-order valence-electron chi connectivity index (χ0n) is 7.83. The van der Waals surface area contributed by atoms with Crippen molar-refractivity contribution in [1.29, 1.82) is 0 Å². The van der Waals surface area contributed by atoms with E-state index in [9.17, 15) is 0 Å². The van der Waals surface area contributed by atoms with Gasteiger partial charge in [-0.15, -0.1) is 0 Å². The third-order valence-electron chi connectivity index (χ3n) is 2.11. The third-order valence-corrected chi connectivity index (χ3v) is 2.11. The molecule has 1 atom stereocenters. The highest BCUT2D eigenvalue weighted by Gasteiger charge is 2.24. The molecular formula is C9H19NO2. The van der Waals surface area contributed by atoms with E-state index in [4.69, 9.17) is 9.84 Å². The Morgan fingerprint density at radius 3 is 2.75 bits per heavy atom. The fourth-order valence-corrected chi connectivity index (χ4v) is 1.28. The number of epoxide rings is 1. The molecule has 1 fully saturated rings. The molecule has 0 aromatic rings. The highest BCUT2D eigenvalue weighted by atomic mass is 16.6. The quantitative estimate of drug-likeness (QED) is 0.569. The summed E-state index contributed by atoms with van der Waals surface area (Å²) in [6.07, 6.45) is 2.88. The van der Waals surface area contributed by atoms with Crippen LogP contribution < -0.4 is 0 Å². The molecule has 1 aliphatic rings. The van der Waals surface area contributed by atoms with Crippen LogP contribution in [-0.4, -0.2) is 49.0 Å². The largest absolute Gasteiger partial charge is 0.395 e. The molecule has 0 amide bonds. The zero-order valence-corrected chi connectivity index (χ0v) is 7.83. The highest BCUT2D eigenvalue weighted by molar-refractivity contribution is 4.74. The predicted octanol–water partition coefficient (Wildman–Crippen LogP) is 0.480. The number of nitrogens with zero attached hydrogens (tertiary/aromatic N) is 1. The smallest absolute Gasteiger partial charge is 0.0936 e. The van der Waals surface area contributed by atoms with Gasteiger partial charge in [-0.05, 0) is 13.0 Å². The molecule has 72 valence electrons. The SMILES string of the molecule is CCCCN(CCO)CC1CO1. The maximum Gasteiger partial charge on any atom is 0.0936 e. The Balaban J connectivity index is 2.07. The monoisotopic (exact) mass is 173 g/mol. The maximum atomic E-state index is 8.79. The van der Waals surface area contributed by atoms with Gasteiger partial charge in [-0.2, -0.15) is 0 Å². The van der Waals surface area contributed by atoms with Crippen molar-refractivity contribution < 1.29 is 9.84 Å². The van der Waals surface area contributed by atoms with E-state index in [2.05, 4.69) is 11.8 Å². The van der Waals surface area contributed by atoms with Gasteiger partial charge in [0.1, 0.15) is 0 Å². The van der Waals surface area contributed by atoms with E-state index in [0.29, 0.717) is 6.10 Å². The van der Waals surface area contributed by atoms with Crippen LogP contribution in [-0.2, 0) is 4.74 Å². The van der Waals surface area contributed by atoms with Gasteiger partial charge in [0.2, 0.25) is 0 Å². The Labute approximate surface area is 74.3 Å². The normalized spacial score (nSPS) is 21.8. The van der Waals surface area contributed by atoms with Crippen LogP contribution in [0.1, 0.15) is 19.8 Å². The molecule has 1 saturated heterocycles. The maximum absolute atomic E-state index is 8.79. The molecule has 1 aliphatic heterocycles. The molecule has 0 saturated carbocycles.